The number of anilines is 1. The van der Waals surface area contributed by atoms with Crippen LogP contribution < -0.4 is 15.0 Å². The van der Waals surface area contributed by atoms with Gasteiger partial charge in [-0.3, -0.25) is 25.0 Å². The van der Waals surface area contributed by atoms with Crippen molar-refractivity contribution >= 4 is 51.2 Å². The number of benzene rings is 2. The second-order valence-electron chi connectivity index (χ2n) is 6.78. The summed E-state index contributed by atoms with van der Waals surface area (Å²) in [5, 5.41) is 13.1. The molecule has 166 valence electrons. The minimum absolute atomic E-state index is 0.147. The Balaban J connectivity index is 1.68. The number of imide groups is 2. The Morgan fingerprint density at radius 2 is 1.91 bits per heavy atom. The molecule has 1 fully saturated rings. The lowest BCUT2D eigenvalue weighted by Gasteiger charge is -2.26. The zero-order valence-electron chi connectivity index (χ0n) is 16.9. The van der Waals surface area contributed by atoms with Gasteiger partial charge in [0.2, 0.25) is 0 Å². The summed E-state index contributed by atoms with van der Waals surface area (Å²) in [5.41, 5.74) is 0.275. The molecule has 1 aromatic heterocycles. The third-order valence-corrected chi connectivity index (χ3v) is 5.24. The summed E-state index contributed by atoms with van der Waals surface area (Å²) in [6.07, 6.45) is 1.22. The molecule has 1 N–H and O–H groups in total. The monoisotopic (exact) mass is 511 g/mol. The molecule has 0 aliphatic carbocycles. The first-order valence-electron chi connectivity index (χ1n) is 9.38. The lowest BCUT2D eigenvalue weighted by Crippen LogP contribution is -2.54. The van der Waals surface area contributed by atoms with Gasteiger partial charge in [-0.25, -0.2) is 9.69 Å². The van der Waals surface area contributed by atoms with Gasteiger partial charge in [0.15, 0.2) is 0 Å². The number of hydrogen-bond donors (Lipinski definition) is 1. The Morgan fingerprint density at radius 1 is 1.12 bits per heavy atom. The molecule has 0 atom stereocenters. The topological polar surface area (TPSA) is 132 Å². The van der Waals surface area contributed by atoms with E-state index in [1.165, 1.54) is 37.5 Å². The number of ether oxygens (including phenoxy) is 1. The van der Waals surface area contributed by atoms with E-state index in [-0.39, 0.29) is 28.5 Å². The molecule has 33 heavy (non-hydrogen) atoms. The molecular weight excluding hydrogens is 498 g/mol. The highest BCUT2D eigenvalue weighted by Gasteiger charge is 2.37. The average molecular weight is 512 g/mol. The number of nitrogens with one attached hydrogen (secondary N) is 1. The van der Waals surface area contributed by atoms with E-state index >= 15 is 0 Å². The van der Waals surface area contributed by atoms with Crippen molar-refractivity contribution < 1.29 is 28.5 Å². The predicted molar refractivity (Wildman–Crippen MR) is 120 cm³/mol. The van der Waals surface area contributed by atoms with Crippen LogP contribution in [0.4, 0.5) is 16.2 Å². The van der Waals surface area contributed by atoms with Gasteiger partial charge in [0, 0.05) is 10.5 Å². The molecule has 0 unspecified atom stereocenters. The van der Waals surface area contributed by atoms with E-state index < -0.39 is 22.8 Å². The molecule has 10 nitrogen and oxygen atoms in total. The number of nitrogens with zero attached hydrogens (tertiary/aromatic N) is 2. The van der Waals surface area contributed by atoms with Crippen molar-refractivity contribution in [3.63, 3.8) is 0 Å². The quantitative estimate of drug-likeness (QED) is 0.233. The maximum absolute atomic E-state index is 13.0. The number of hydrogen-bond acceptors (Lipinski definition) is 7. The van der Waals surface area contributed by atoms with Gasteiger partial charge in [-0.1, -0.05) is 22.0 Å². The van der Waals surface area contributed by atoms with E-state index in [1.54, 1.807) is 30.3 Å². The highest BCUT2D eigenvalue weighted by molar-refractivity contribution is 9.10. The van der Waals surface area contributed by atoms with Crippen LogP contribution in [0.2, 0.25) is 0 Å². The Morgan fingerprint density at radius 3 is 2.61 bits per heavy atom. The zero-order valence-corrected chi connectivity index (χ0v) is 18.5. The Kier molecular flexibility index (Phi) is 5.80. The fourth-order valence-corrected chi connectivity index (χ4v) is 3.61. The van der Waals surface area contributed by atoms with Gasteiger partial charge < -0.3 is 9.15 Å². The molecule has 0 spiro atoms. The van der Waals surface area contributed by atoms with Crippen LogP contribution in [0.3, 0.4) is 0 Å². The summed E-state index contributed by atoms with van der Waals surface area (Å²) >= 11 is 3.28. The lowest BCUT2D eigenvalue weighted by molar-refractivity contribution is -0.384. The first-order chi connectivity index (χ1) is 15.8. The van der Waals surface area contributed by atoms with E-state index in [9.17, 15) is 24.5 Å². The van der Waals surface area contributed by atoms with Crippen LogP contribution >= 0.6 is 15.9 Å². The van der Waals surface area contributed by atoms with Gasteiger partial charge in [0.1, 0.15) is 22.8 Å². The normalized spacial score (nSPS) is 15.0. The standard InChI is InChI=1S/C22H14BrN3O7/c1-32-19-10-14(26(30)31)5-7-16(19)18-8-6-15(33-18)11-17-20(27)24-22(29)25(21(17)28)13-4-2-3-12(23)9-13/h2-11H,1H3,(H,24,27,29). The van der Waals surface area contributed by atoms with Gasteiger partial charge in [0.05, 0.1) is 29.4 Å². The van der Waals surface area contributed by atoms with Crippen molar-refractivity contribution in [3.8, 4) is 17.1 Å². The number of methoxy groups -OCH3 is 1. The number of nitro benzene ring substituents is 1. The molecule has 1 aliphatic rings. The van der Waals surface area contributed by atoms with Crippen LogP contribution in [0.1, 0.15) is 5.76 Å². The van der Waals surface area contributed by atoms with Gasteiger partial charge >= 0.3 is 6.03 Å². The largest absolute Gasteiger partial charge is 0.496 e. The number of carbonyl (C=O) groups is 3. The summed E-state index contributed by atoms with van der Waals surface area (Å²) in [7, 11) is 1.37. The highest BCUT2D eigenvalue weighted by atomic mass is 79.9. The van der Waals surface area contributed by atoms with Gasteiger partial charge in [-0.05, 0) is 42.5 Å². The Labute approximate surface area is 194 Å². The molecule has 4 rings (SSSR count). The summed E-state index contributed by atoms with van der Waals surface area (Å²) in [6.45, 7) is 0. The van der Waals surface area contributed by atoms with Crippen molar-refractivity contribution in [2.24, 2.45) is 0 Å². The van der Waals surface area contributed by atoms with Crippen LogP contribution in [0.15, 0.2) is 69.1 Å². The van der Waals surface area contributed by atoms with Gasteiger partial charge in [0.25, 0.3) is 17.5 Å². The van der Waals surface area contributed by atoms with E-state index in [0.29, 0.717) is 15.8 Å². The number of barbiturate groups is 1. The van der Waals surface area contributed by atoms with E-state index in [0.717, 1.165) is 4.90 Å². The molecule has 2 aromatic carbocycles. The number of urea groups is 1. The molecule has 2 heterocycles. The van der Waals surface area contributed by atoms with Crippen LogP contribution in [0.25, 0.3) is 17.4 Å². The summed E-state index contributed by atoms with van der Waals surface area (Å²) in [6, 6.07) is 12.8. The summed E-state index contributed by atoms with van der Waals surface area (Å²) in [4.78, 5) is 48.9. The number of furan rings is 1. The number of non-ortho nitro benzene ring substituents is 1. The van der Waals surface area contributed by atoms with Crippen molar-refractivity contribution in [1.82, 2.24) is 5.32 Å². The van der Waals surface area contributed by atoms with Gasteiger partial charge in [-0.15, -0.1) is 0 Å². The second-order valence-corrected chi connectivity index (χ2v) is 7.70. The molecule has 1 saturated heterocycles. The number of nitro groups is 1. The Bertz CT molecular complexity index is 1350. The first-order valence-corrected chi connectivity index (χ1v) is 10.2. The predicted octanol–water partition coefficient (Wildman–Crippen LogP) is 4.29. The fourth-order valence-electron chi connectivity index (χ4n) is 3.22. The highest BCUT2D eigenvalue weighted by Crippen LogP contribution is 2.35. The van der Waals surface area contributed by atoms with E-state index in [4.69, 9.17) is 9.15 Å². The van der Waals surface area contributed by atoms with Crippen LogP contribution in [-0.4, -0.2) is 29.9 Å². The van der Waals surface area contributed by atoms with Gasteiger partial charge in [-0.2, -0.15) is 0 Å². The lowest BCUT2D eigenvalue weighted by atomic mass is 10.1. The third-order valence-electron chi connectivity index (χ3n) is 4.74. The van der Waals surface area contributed by atoms with E-state index in [2.05, 4.69) is 21.2 Å². The number of carbonyl (C=O) groups excluding carboxylic acids is 3. The molecule has 4 amide bonds. The molecule has 3 aromatic rings. The van der Waals surface area contributed by atoms with Crippen molar-refractivity contribution in [1.29, 1.82) is 0 Å². The fraction of sp³-hybridized carbons (Fsp3) is 0.0455. The first kappa shape index (κ1) is 22.0. The SMILES string of the molecule is COc1cc([N+](=O)[O-])ccc1-c1ccc(C=C2C(=O)NC(=O)N(c3cccc(Br)c3)C2=O)o1. The maximum Gasteiger partial charge on any atom is 0.335 e. The van der Waals surface area contributed by atoms with E-state index in [1.807, 2.05) is 0 Å². The average Bonchev–Trinajstić information content (AvgIpc) is 3.24. The summed E-state index contributed by atoms with van der Waals surface area (Å²) < 4.78 is 11.6. The second kappa shape index (κ2) is 8.71. The van der Waals surface area contributed by atoms with Crippen LogP contribution in [0.5, 0.6) is 5.75 Å². The number of rotatable bonds is 5. The van der Waals surface area contributed by atoms with Crippen molar-refractivity contribution in [2.75, 3.05) is 12.0 Å². The molecule has 0 bridgehead atoms. The number of halogens is 1. The smallest absolute Gasteiger partial charge is 0.335 e. The molecule has 0 radical (unpaired) electrons. The number of amides is 4. The zero-order chi connectivity index (χ0) is 23.7. The third kappa shape index (κ3) is 4.26. The van der Waals surface area contributed by atoms with Crippen LogP contribution in [0, 0.1) is 10.1 Å². The molecule has 11 heteroatoms. The maximum atomic E-state index is 13.0. The Hall–Kier alpha value is -4.25. The summed E-state index contributed by atoms with van der Waals surface area (Å²) in [5.74, 6) is -0.991. The molecular formula is C22H14BrN3O7. The minimum Gasteiger partial charge on any atom is -0.496 e. The van der Waals surface area contributed by atoms with Crippen molar-refractivity contribution in [3.05, 3.63) is 80.5 Å². The minimum atomic E-state index is -0.865. The molecule has 1 aliphatic heterocycles. The van der Waals surface area contributed by atoms with Crippen LogP contribution in [-0.2, 0) is 9.59 Å². The molecule has 0 saturated carbocycles. The van der Waals surface area contributed by atoms with Crippen molar-refractivity contribution in [2.45, 2.75) is 0 Å².